The summed E-state index contributed by atoms with van der Waals surface area (Å²) in [5, 5.41) is 7.35. The summed E-state index contributed by atoms with van der Waals surface area (Å²) in [7, 11) is -3.54. The van der Waals surface area contributed by atoms with Crippen LogP contribution < -0.4 is 5.32 Å². The molecule has 2 fully saturated rings. The summed E-state index contributed by atoms with van der Waals surface area (Å²) in [6, 6.07) is 5.53. The van der Waals surface area contributed by atoms with Gasteiger partial charge in [0.15, 0.2) is 0 Å². The lowest BCUT2D eigenvalue weighted by atomic mass is 9.99. The first-order chi connectivity index (χ1) is 13.4. The Kier molecular flexibility index (Phi) is 5.32. The molecule has 1 saturated carbocycles. The van der Waals surface area contributed by atoms with Gasteiger partial charge in [-0.15, -0.1) is 11.3 Å². The topological polar surface area (TPSA) is 84.3 Å². The van der Waals surface area contributed by atoms with Crippen LogP contribution in [0.3, 0.4) is 0 Å². The summed E-state index contributed by atoms with van der Waals surface area (Å²) in [6.07, 6.45) is 5.47. The van der Waals surface area contributed by atoms with Crippen LogP contribution in [0.5, 0.6) is 0 Å². The quantitative estimate of drug-likeness (QED) is 0.774. The lowest BCUT2D eigenvalue weighted by Gasteiger charge is -2.31. The van der Waals surface area contributed by atoms with E-state index in [1.165, 1.54) is 28.5 Å². The number of thiophene rings is 1. The van der Waals surface area contributed by atoms with Crippen molar-refractivity contribution in [3.05, 3.63) is 29.3 Å². The Labute approximate surface area is 169 Å². The highest BCUT2D eigenvalue weighted by Crippen LogP contribution is 2.40. The van der Waals surface area contributed by atoms with Crippen molar-refractivity contribution in [3.63, 3.8) is 0 Å². The van der Waals surface area contributed by atoms with Gasteiger partial charge in [-0.2, -0.15) is 9.40 Å². The Morgan fingerprint density at radius 2 is 2.07 bits per heavy atom. The molecule has 0 aromatic carbocycles. The molecule has 7 nitrogen and oxygen atoms in total. The second-order valence-electron chi connectivity index (χ2n) is 7.80. The van der Waals surface area contributed by atoms with Gasteiger partial charge in [0.2, 0.25) is 5.91 Å². The predicted molar refractivity (Wildman–Crippen MR) is 109 cm³/mol. The minimum Gasteiger partial charge on any atom is -0.311 e. The fraction of sp³-hybridized carbons (Fsp3) is 0.579. The molecule has 2 aromatic rings. The normalized spacial score (nSPS) is 22.1. The number of aryl methyl sites for hydroxylation is 1. The van der Waals surface area contributed by atoms with Crippen molar-refractivity contribution >= 4 is 33.1 Å². The molecule has 2 aromatic heterocycles. The molecule has 2 aliphatic rings. The molecule has 2 unspecified atom stereocenters. The van der Waals surface area contributed by atoms with Crippen molar-refractivity contribution in [2.24, 2.45) is 11.8 Å². The van der Waals surface area contributed by atoms with Crippen LogP contribution in [0, 0.1) is 18.8 Å². The van der Waals surface area contributed by atoms with E-state index in [0.717, 1.165) is 4.88 Å². The van der Waals surface area contributed by atoms with Gasteiger partial charge < -0.3 is 5.32 Å². The molecule has 1 aliphatic carbocycles. The second kappa shape index (κ2) is 7.61. The molecule has 1 amide bonds. The number of nitrogens with one attached hydrogen (secondary N) is 1. The van der Waals surface area contributed by atoms with E-state index in [1.807, 2.05) is 23.7 Å². The Hall–Kier alpha value is -1.71. The number of amides is 1. The summed E-state index contributed by atoms with van der Waals surface area (Å²) in [5.41, 5.74) is 0. The molecule has 2 atom stereocenters. The van der Waals surface area contributed by atoms with Crippen molar-refractivity contribution in [1.82, 2.24) is 14.1 Å². The number of rotatable bonds is 6. The Bertz CT molecular complexity index is 961. The van der Waals surface area contributed by atoms with Gasteiger partial charge in [-0.05, 0) is 57.6 Å². The lowest BCUT2D eigenvalue weighted by Crippen LogP contribution is -2.43. The van der Waals surface area contributed by atoms with Gasteiger partial charge >= 0.3 is 0 Å². The van der Waals surface area contributed by atoms with E-state index < -0.39 is 10.0 Å². The standard InChI is InChI=1S/C19H26N4O3S2/c1-13-5-8-18(27-13)28(25,26)22-11-3-4-16(12-22)19(24)21-17-9-10-20-23(17)14(2)15-6-7-15/h5,8-10,14-16H,3-4,6-7,11-12H2,1-2H3,(H,21,24). The number of piperidine rings is 1. The monoisotopic (exact) mass is 422 g/mol. The van der Waals surface area contributed by atoms with E-state index in [2.05, 4.69) is 17.3 Å². The smallest absolute Gasteiger partial charge is 0.252 e. The van der Waals surface area contributed by atoms with E-state index in [4.69, 9.17) is 0 Å². The first kappa shape index (κ1) is 19.6. The van der Waals surface area contributed by atoms with Crippen LogP contribution in [-0.4, -0.2) is 41.5 Å². The van der Waals surface area contributed by atoms with Crippen molar-refractivity contribution in [2.75, 3.05) is 18.4 Å². The number of carbonyl (C=O) groups is 1. The van der Waals surface area contributed by atoms with E-state index in [9.17, 15) is 13.2 Å². The van der Waals surface area contributed by atoms with Crippen molar-refractivity contribution in [1.29, 1.82) is 0 Å². The maximum Gasteiger partial charge on any atom is 0.252 e. The van der Waals surface area contributed by atoms with Gasteiger partial charge in [-0.25, -0.2) is 13.1 Å². The van der Waals surface area contributed by atoms with Crippen LogP contribution in [0.15, 0.2) is 28.6 Å². The summed E-state index contributed by atoms with van der Waals surface area (Å²) < 4.78 is 29.5. The second-order valence-corrected chi connectivity index (χ2v) is 11.2. The van der Waals surface area contributed by atoms with Gasteiger partial charge in [0.1, 0.15) is 10.0 Å². The third-order valence-corrected chi connectivity index (χ3v) is 9.01. The van der Waals surface area contributed by atoms with Crippen molar-refractivity contribution in [2.45, 2.75) is 49.8 Å². The number of hydrogen-bond donors (Lipinski definition) is 1. The van der Waals surface area contributed by atoms with Crippen LogP contribution in [0.4, 0.5) is 5.82 Å². The molecule has 3 heterocycles. The third-order valence-electron chi connectivity index (χ3n) is 5.68. The molecule has 1 aliphatic heterocycles. The van der Waals surface area contributed by atoms with E-state index in [1.54, 1.807) is 12.3 Å². The van der Waals surface area contributed by atoms with E-state index >= 15 is 0 Å². The van der Waals surface area contributed by atoms with Gasteiger partial charge in [0.25, 0.3) is 10.0 Å². The molecule has 0 spiro atoms. The Morgan fingerprint density at radius 1 is 1.29 bits per heavy atom. The molecular formula is C19H26N4O3S2. The van der Waals surface area contributed by atoms with Crippen LogP contribution in [0.2, 0.25) is 0 Å². The molecule has 0 radical (unpaired) electrons. The number of sulfonamides is 1. The first-order valence-electron chi connectivity index (χ1n) is 9.77. The van der Waals surface area contributed by atoms with Crippen LogP contribution in [-0.2, 0) is 14.8 Å². The largest absolute Gasteiger partial charge is 0.311 e. The molecule has 9 heteroatoms. The van der Waals surface area contributed by atoms with Gasteiger partial charge in [0.05, 0.1) is 18.2 Å². The highest BCUT2D eigenvalue weighted by molar-refractivity contribution is 7.91. The minimum atomic E-state index is -3.54. The molecule has 1 saturated heterocycles. The van der Waals surface area contributed by atoms with Crippen molar-refractivity contribution < 1.29 is 13.2 Å². The zero-order valence-electron chi connectivity index (χ0n) is 16.2. The molecular weight excluding hydrogens is 396 g/mol. The Balaban J connectivity index is 1.45. The minimum absolute atomic E-state index is 0.132. The number of hydrogen-bond acceptors (Lipinski definition) is 5. The zero-order chi connectivity index (χ0) is 19.9. The SMILES string of the molecule is Cc1ccc(S(=O)(=O)N2CCCC(C(=O)Nc3ccnn3C(C)C3CC3)C2)s1. The number of anilines is 1. The number of nitrogens with zero attached hydrogens (tertiary/aromatic N) is 3. The summed E-state index contributed by atoms with van der Waals surface area (Å²) in [5.74, 6) is 0.828. The predicted octanol–water partition coefficient (Wildman–Crippen LogP) is 3.26. The number of aromatic nitrogens is 2. The van der Waals surface area contributed by atoms with Crippen LogP contribution >= 0.6 is 11.3 Å². The maximum atomic E-state index is 12.9. The van der Waals surface area contributed by atoms with Gasteiger partial charge in [-0.3, -0.25) is 4.79 Å². The summed E-state index contributed by atoms with van der Waals surface area (Å²) >= 11 is 1.27. The van der Waals surface area contributed by atoms with Crippen LogP contribution in [0.25, 0.3) is 0 Å². The lowest BCUT2D eigenvalue weighted by molar-refractivity contribution is -0.120. The zero-order valence-corrected chi connectivity index (χ0v) is 17.8. The Morgan fingerprint density at radius 3 is 2.75 bits per heavy atom. The molecule has 0 bridgehead atoms. The highest BCUT2D eigenvalue weighted by Gasteiger charge is 2.35. The average molecular weight is 423 g/mol. The summed E-state index contributed by atoms with van der Waals surface area (Å²) in [4.78, 5) is 13.8. The van der Waals surface area contributed by atoms with Gasteiger partial charge in [-0.1, -0.05) is 0 Å². The maximum absolute atomic E-state index is 12.9. The van der Waals surface area contributed by atoms with E-state index in [-0.39, 0.29) is 24.4 Å². The average Bonchev–Trinajstić information content (AvgIpc) is 3.28. The highest BCUT2D eigenvalue weighted by atomic mass is 32.2. The van der Waals surface area contributed by atoms with Gasteiger partial charge in [0, 0.05) is 24.0 Å². The molecule has 152 valence electrons. The fourth-order valence-corrected chi connectivity index (χ4v) is 6.76. The molecule has 1 N–H and O–H groups in total. The summed E-state index contributed by atoms with van der Waals surface area (Å²) in [6.45, 7) is 4.69. The van der Waals surface area contributed by atoms with Crippen LogP contribution in [0.1, 0.15) is 43.5 Å². The first-order valence-corrected chi connectivity index (χ1v) is 12.0. The molecule has 4 rings (SSSR count). The molecule has 28 heavy (non-hydrogen) atoms. The number of carbonyl (C=O) groups excluding carboxylic acids is 1. The third kappa shape index (κ3) is 3.88. The fourth-order valence-electron chi connectivity index (χ4n) is 3.80. The van der Waals surface area contributed by atoms with E-state index in [0.29, 0.717) is 35.3 Å². The van der Waals surface area contributed by atoms with Crippen molar-refractivity contribution in [3.8, 4) is 0 Å².